The van der Waals surface area contributed by atoms with Gasteiger partial charge in [-0.2, -0.15) is 5.26 Å². The number of benzene rings is 3. The highest BCUT2D eigenvalue weighted by Gasteiger charge is 2.61. The van der Waals surface area contributed by atoms with Gasteiger partial charge in [-0.3, -0.25) is 14.4 Å². The fourth-order valence-corrected chi connectivity index (χ4v) is 7.00. The van der Waals surface area contributed by atoms with Crippen molar-refractivity contribution in [2.75, 3.05) is 19.0 Å². The van der Waals surface area contributed by atoms with Crippen LogP contribution in [0.3, 0.4) is 0 Å². The van der Waals surface area contributed by atoms with Crippen LogP contribution in [0.15, 0.2) is 54.6 Å². The van der Waals surface area contributed by atoms with Crippen LogP contribution in [0.25, 0.3) is 0 Å². The van der Waals surface area contributed by atoms with Crippen molar-refractivity contribution in [2.45, 2.75) is 69.5 Å². The maximum atomic E-state index is 16.0. The maximum absolute atomic E-state index is 16.0. The van der Waals surface area contributed by atoms with Gasteiger partial charge in [-0.1, -0.05) is 62.2 Å². The molecule has 0 aromatic heterocycles. The highest BCUT2D eigenvalue weighted by molar-refractivity contribution is 6.31. The van der Waals surface area contributed by atoms with Gasteiger partial charge in [0.25, 0.3) is 5.91 Å². The molecule has 1 saturated heterocycles. The zero-order valence-corrected chi connectivity index (χ0v) is 31.6. The van der Waals surface area contributed by atoms with E-state index in [0.717, 1.165) is 6.07 Å². The molecule has 5 N–H and O–H groups in total. The lowest BCUT2D eigenvalue weighted by molar-refractivity contribution is -0.143. The second-order valence-corrected chi connectivity index (χ2v) is 14.9. The Morgan fingerprint density at radius 2 is 1.76 bits per heavy atom. The van der Waals surface area contributed by atoms with Crippen LogP contribution < -0.4 is 20.7 Å². The molecule has 3 aromatic carbocycles. The van der Waals surface area contributed by atoms with Crippen LogP contribution in [-0.2, 0) is 29.3 Å². The predicted octanol–water partition coefficient (Wildman–Crippen LogP) is 5.83. The van der Waals surface area contributed by atoms with Crippen molar-refractivity contribution < 1.29 is 52.4 Å². The summed E-state index contributed by atoms with van der Waals surface area (Å²) in [6, 6.07) is 10.2. The zero-order chi connectivity index (χ0) is 40.8. The van der Waals surface area contributed by atoms with Gasteiger partial charge < -0.3 is 35.6 Å². The number of nitrogens with one attached hydrogen (secondary N) is 3. The van der Waals surface area contributed by atoms with E-state index >= 15 is 8.78 Å². The first kappa shape index (κ1) is 42.4. The number of hydrogen-bond acceptors (Lipinski definition) is 9. The van der Waals surface area contributed by atoms with E-state index in [-0.39, 0.29) is 44.6 Å². The predicted molar refractivity (Wildman–Crippen MR) is 196 cm³/mol. The number of halogens is 4. The average molecular weight is 804 g/mol. The topological polar surface area (TPSA) is 204 Å². The zero-order valence-electron chi connectivity index (χ0n) is 30.0. The molecule has 292 valence electrons. The Morgan fingerprint density at radius 1 is 1.05 bits per heavy atom. The van der Waals surface area contributed by atoms with Crippen molar-refractivity contribution in [3.05, 3.63) is 93.0 Å². The Morgan fingerprint density at radius 3 is 2.36 bits per heavy atom. The van der Waals surface area contributed by atoms with Crippen molar-refractivity contribution in [3.63, 3.8) is 0 Å². The van der Waals surface area contributed by atoms with Crippen LogP contribution in [0, 0.1) is 28.4 Å². The lowest BCUT2D eigenvalue weighted by Gasteiger charge is -2.37. The molecular formula is C38H38Cl2F2N4O9. The summed E-state index contributed by atoms with van der Waals surface area (Å²) in [6.45, 7) is 4.80. The van der Waals surface area contributed by atoms with Gasteiger partial charge in [0.05, 0.1) is 35.5 Å². The van der Waals surface area contributed by atoms with Crippen LogP contribution in [0.2, 0.25) is 10.0 Å². The summed E-state index contributed by atoms with van der Waals surface area (Å²) < 4.78 is 42.3. The normalized spacial score (nSPS) is 19.8. The number of carboxylic acid groups (broad SMARTS) is 2. The summed E-state index contributed by atoms with van der Waals surface area (Å²) in [5, 5.41) is 36.9. The molecule has 3 aromatic rings. The first-order valence-electron chi connectivity index (χ1n) is 16.8. The highest BCUT2D eigenvalue weighted by Crippen LogP contribution is 2.53. The quantitative estimate of drug-likeness (QED) is 0.123. The summed E-state index contributed by atoms with van der Waals surface area (Å²) in [6.07, 6.45) is -0.679. The summed E-state index contributed by atoms with van der Waals surface area (Å²) in [7, 11) is 1.25. The van der Waals surface area contributed by atoms with Gasteiger partial charge in [0, 0.05) is 29.0 Å². The first-order chi connectivity index (χ1) is 25.8. The minimum atomic E-state index is -1.87. The van der Waals surface area contributed by atoms with E-state index in [1.54, 1.807) is 0 Å². The van der Waals surface area contributed by atoms with Crippen LogP contribution in [0.4, 0.5) is 14.5 Å². The standard InChI is InChI=1S/C38H38Cl2F2N4O9/c1-37(2,3)16-28-38(18-43,22-10-9-20(39)15-24(22)41)31(21-6-5-7-23(40)32(21)42)33(46-28)34(50)45-25-11-8-19(14-27(25)54-4)36(53)55-17-29(47)44-26(35(51)52)12-13-30(48)49/h5-11,14-15,26,28,31,33,46H,12-13,16-17H2,1-4H3,(H,44,47)(H,45,50)(H,48,49)(H,51,52)/t26?,28-,31-,33+,38-/m0/s1. The van der Waals surface area contributed by atoms with Gasteiger partial charge >= 0.3 is 17.9 Å². The van der Waals surface area contributed by atoms with E-state index in [0.29, 0.717) is 0 Å². The van der Waals surface area contributed by atoms with Gasteiger partial charge in [-0.15, -0.1) is 0 Å². The minimum Gasteiger partial charge on any atom is -0.495 e. The smallest absolute Gasteiger partial charge is 0.338 e. The van der Waals surface area contributed by atoms with E-state index in [1.807, 2.05) is 20.8 Å². The van der Waals surface area contributed by atoms with Gasteiger partial charge in [0.2, 0.25) is 5.91 Å². The fourth-order valence-electron chi connectivity index (χ4n) is 6.66. The van der Waals surface area contributed by atoms with Crippen LogP contribution in [-0.4, -0.2) is 71.8 Å². The molecule has 13 nitrogen and oxygen atoms in total. The molecule has 1 heterocycles. The lowest BCUT2D eigenvalue weighted by Crippen LogP contribution is -2.45. The lowest BCUT2D eigenvalue weighted by atomic mass is 9.62. The van der Waals surface area contributed by atoms with Gasteiger partial charge in [-0.05, 0) is 60.2 Å². The monoisotopic (exact) mass is 802 g/mol. The summed E-state index contributed by atoms with van der Waals surface area (Å²) in [5.74, 6) is -8.64. The largest absolute Gasteiger partial charge is 0.495 e. The molecule has 2 amide bonds. The second-order valence-electron chi connectivity index (χ2n) is 14.1. The number of amides is 2. The molecule has 1 aliphatic heterocycles. The molecule has 17 heteroatoms. The SMILES string of the molecule is COc1cc(C(=O)OCC(=O)NC(CCC(=O)O)C(=O)O)ccc1NC(=O)[C@@H]1N[C@@H](CC(C)(C)C)[C@](C#N)(c2ccc(Cl)cc2F)[C@H]1c1cccc(Cl)c1F. The molecule has 1 aliphatic rings. The summed E-state index contributed by atoms with van der Waals surface area (Å²) in [5.41, 5.74) is -2.66. The number of carbonyl (C=O) groups is 5. The highest BCUT2D eigenvalue weighted by atomic mass is 35.5. The number of carbonyl (C=O) groups excluding carboxylic acids is 3. The second kappa shape index (κ2) is 17.4. The maximum Gasteiger partial charge on any atom is 0.338 e. The number of rotatable bonds is 14. The van der Waals surface area contributed by atoms with Crippen LogP contribution >= 0.6 is 23.2 Å². The Kier molecular flexibility index (Phi) is 13.5. The number of ether oxygens (including phenoxy) is 2. The third-order valence-corrected chi connectivity index (χ3v) is 9.57. The Balaban J connectivity index is 1.67. The first-order valence-corrected chi connectivity index (χ1v) is 17.5. The van der Waals surface area contributed by atoms with Crippen molar-refractivity contribution in [1.82, 2.24) is 10.6 Å². The number of hydrogen-bond donors (Lipinski definition) is 5. The number of aliphatic carboxylic acids is 2. The van der Waals surface area contributed by atoms with E-state index in [4.69, 9.17) is 37.8 Å². The fraction of sp³-hybridized carbons (Fsp3) is 0.368. The third kappa shape index (κ3) is 9.69. The molecule has 0 saturated carbocycles. The third-order valence-electron chi connectivity index (χ3n) is 9.04. The Labute approximate surface area is 324 Å². The van der Waals surface area contributed by atoms with Crippen molar-refractivity contribution in [3.8, 4) is 11.8 Å². The van der Waals surface area contributed by atoms with E-state index in [2.05, 4.69) is 22.0 Å². The number of methoxy groups -OCH3 is 1. The number of esters is 1. The van der Waals surface area contributed by atoms with Crippen molar-refractivity contribution in [1.29, 1.82) is 5.26 Å². The molecular weight excluding hydrogens is 765 g/mol. The number of anilines is 1. The molecule has 0 spiro atoms. The van der Waals surface area contributed by atoms with Crippen molar-refractivity contribution in [2.24, 2.45) is 5.41 Å². The van der Waals surface area contributed by atoms with E-state index in [1.165, 1.54) is 55.6 Å². The molecule has 4 rings (SSSR count). The Hall–Kier alpha value is -5.30. The molecule has 0 radical (unpaired) electrons. The molecule has 55 heavy (non-hydrogen) atoms. The Bertz CT molecular complexity index is 2040. The van der Waals surface area contributed by atoms with Gasteiger partial charge in [-0.25, -0.2) is 18.4 Å². The summed E-state index contributed by atoms with van der Waals surface area (Å²) >= 11 is 12.3. The summed E-state index contributed by atoms with van der Waals surface area (Å²) in [4.78, 5) is 61.6. The van der Waals surface area contributed by atoms with Gasteiger partial charge in [0.1, 0.15) is 28.8 Å². The van der Waals surface area contributed by atoms with Crippen molar-refractivity contribution >= 4 is 58.6 Å². The number of carboxylic acids is 2. The molecule has 0 bridgehead atoms. The molecule has 1 fully saturated rings. The molecule has 0 aliphatic carbocycles. The molecule has 5 atom stereocenters. The average Bonchev–Trinajstić information content (AvgIpc) is 3.42. The van der Waals surface area contributed by atoms with Crippen LogP contribution in [0.1, 0.15) is 67.4 Å². The molecule has 1 unspecified atom stereocenters. The van der Waals surface area contributed by atoms with Crippen LogP contribution in [0.5, 0.6) is 5.75 Å². The minimum absolute atomic E-state index is 0.0381. The number of nitriles is 1. The van der Waals surface area contributed by atoms with Gasteiger partial charge in [0.15, 0.2) is 6.61 Å². The number of nitrogens with zero attached hydrogens (tertiary/aromatic N) is 1. The van der Waals surface area contributed by atoms with E-state index < -0.39 is 95.7 Å². The van der Waals surface area contributed by atoms with E-state index in [9.17, 15) is 34.3 Å².